The lowest BCUT2D eigenvalue weighted by Gasteiger charge is -2.10. The summed E-state index contributed by atoms with van der Waals surface area (Å²) in [6.45, 7) is 0.325. The molecule has 1 aromatic carbocycles. The van der Waals surface area contributed by atoms with Crippen LogP contribution in [0.3, 0.4) is 0 Å². The maximum absolute atomic E-state index is 9.73. The van der Waals surface area contributed by atoms with Gasteiger partial charge in [-0.2, -0.15) is 5.26 Å². The van der Waals surface area contributed by atoms with Crippen LogP contribution in [0, 0.1) is 11.3 Å². The minimum atomic E-state index is -0.387. The third kappa shape index (κ3) is 1.50. The van der Waals surface area contributed by atoms with Gasteiger partial charge in [-0.25, -0.2) is 0 Å². The van der Waals surface area contributed by atoms with E-state index in [2.05, 4.69) is 5.32 Å². The summed E-state index contributed by atoms with van der Waals surface area (Å²) in [5, 5.41) is 21.3. The van der Waals surface area contributed by atoms with Gasteiger partial charge < -0.3 is 5.11 Å². The van der Waals surface area contributed by atoms with E-state index in [9.17, 15) is 5.11 Å². The summed E-state index contributed by atoms with van der Waals surface area (Å²) in [7, 11) is 0. The Hall–Kier alpha value is -1.37. The van der Waals surface area contributed by atoms with Crippen LogP contribution in [0.4, 0.5) is 0 Å². The number of nitrogens with zero attached hydrogens (tertiary/aromatic N) is 1. The predicted molar refractivity (Wildman–Crippen MR) is 52.4 cm³/mol. The van der Waals surface area contributed by atoms with Gasteiger partial charge in [0.05, 0.1) is 18.7 Å². The molecular formula is C11H12N2O. The Kier molecular flexibility index (Phi) is 2.49. The first-order valence-electron chi connectivity index (χ1n) is 4.70. The van der Waals surface area contributed by atoms with Crippen LogP contribution in [0.25, 0.3) is 0 Å². The van der Waals surface area contributed by atoms with Crippen LogP contribution in [-0.4, -0.2) is 11.7 Å². The molecule has 0 amide bonds. The van der Waals surface area contributed by atoms with Gasteiger partial charge in [0.1, 0.15) is 0 Å². The highest BCUT2D eigenvalue weighted by atomic mass is 16.3. The van der Waals surface area contributed by atoms with Gasteiger partial charge in [0.2, 0.25) is 0 Å². The highest BCUT2D eigenvalue weighted by molar-refractivity contribution is 5.36. The van der Waals surface area contributed by atoms with Crippen molar-refractivity contribution in [3.8, 4) is 6.07 Å². The fourth-order valence-electron chi connectivity index (χ4n) is 1.97. The summed E-state index contributed by atoms with van der Waals surface area (Å²) in [4.78, 5) is 0. The molecular weight excluding hydrogens is 176 g/mol. The van der Waals surface area contributed by atoms with E-state index in [1.807, 2.05) is 30.3 Å². The lowest BCUT2D eigenvalue weighted by Crippen LogP contribution is -2.19. The van der Waals surface area contributed by atoms with Crippen molar-refractivity contribution < 1.29 is 5.11 Å². The van der Waals surface area contributed by atoms with Crippen LogP contribution in [0.2, 0.25) is 0 Å². The highest BCUT2D eigenvalue weighted by Gasteiger charge is 2.28. The smallest absolute Gasteiger partial charge is 0.0845 e. The third-order valence-electron chi connectivity index (χ3n) is 2.62. The lowest BCUT2D eigenvalue weighted by atomic mass is 10.1. The zero-order valence-corrected chi connectivity index (χ0v) is 7.77. The second kappa shape index (κ2) is 3.79. The number of fused-ring (bicyclic) bond motifs is 1. The number of aliphatic hydroxyl groups excluding tert-OH is 1. The zero-order valence-electron chi connectivity index (χ0n) is 7.77. The number of nitrogens with one attached hydrogen (secondary N) is 1. The number of aliphatic hydroxyl groups is 1. The second-order valence-corrected chi connectivity index (χ2v) is 3.47. The topological polar surface area (TPSA) is 56.0 Å². The van der Waals surface area contributed by atoms with Crippen molar-refractivity contribution in [2.45, 2.75) is 18.6 Å². The van der Waals surface area contributed by atoms with Crippen molar-refractivity contribution in [2.75, 3.05) is 6.54 Å². The van der Waals surface area contributed by atoms with Crippen LogP contribution in [-0.2, 0) is 0 Å². The average molecular weight is 188 g/mol. The van der Waals surface area contributed by atoms with E-state index in [0.29, 0.717) is 13.0 Å². The van der Waals surface area contributed by atoms with Crippen LogP contribution in [0.15, 0.2) is 24.3 Å². The van der Waals surface area contributed by atoms with Crippen molar-refractivity contribution in [1.82, 2.24) is 5.32 Å². The van der Waals surface area contributed by atoms with Gasteiger partial charge in [0.25, 0.3) is 0 Å². The number of hydrogen-bond donors (Lipinski definition) is 2. The Balaban J connectivity index is 2.22. The molecule has 72 valence electrons. The summed E-state index contributed by atoms with van der Waals surface area (Å²) >= 11 is 0. The number of rotatable bonds is 2. The van der Waals surface area contributed by atoms with Gasteiger partial charge in [0, 0.05) is 6.04 Å². The van der Waals surface area contributed by atoms with Gasteiger partial charge in [0.15, 0.2) is 0 Å². The fourth-order valence-corrected chi connectivity index (χ4v) is 1.97. The summed E-state index contributed by atoms with van der Waals surface area (Å²) in [6, 6.07) is 9.99. The van der Waals surface area contributed by atoms with E-state index in [4.69, 9.17) is 5.26 Å². The molecule has 0 aromatic heterocycles. The Morgan fingerprint density at radius 3 is 2.86 bits per heavy atom. The largest absolute Gasteiger partial charge is 0.388 e. The first kappa shape index (κ1) is 9.20. The van der Waals surface area contributed by atoms with E-state index in [-0.39, 0.29) is 12.1 Å². The fraction of sp³-hybridized carbons (Fsp3) is 0.364. The van der Waals surface area contributed by atoms with E-state index in [0.717, 1.165) is 11.1 Å². The molecule has 0 bridgehead atoms. The van der Waals surface area contributed by atoms with Crippen molar-refractivity contribution >= 4 is 0 Å². The molecule has 3 heteroatoms. The molecule has 0 heterocycles. The molecule has 2 rings (SSSR count). The summed E-state index contributed by atoms with van der Waals surface area (Å²) < 4.78 is 0. The van der Waals surface area contributed by atoms with Crippen LogP contribution in [0.1, 0.15) is 29.7 Å². The lowest BCUT2D eigenvalue weighted by molar-refractivity contribution is 0.169. The van der Waals surface area contributed by atoms with Gasteiger partial charge in [-0.3, -0.25) is 5.32 Å². The Labute approximate surface area is 83.0 Å². The van der Waals surface area contributed by atoms with Crippen LogP contribution < -0.4 is 5.32 Å². The molecule has 3 nitrogen and oxygen atoms in total. The second-order valence-electron chi connectivity index (χ2n) is 3.47. The van der Waals surface area contributed by atoms with Crippen LogP contribution >= 0.6 is 0 Å². The van der Waals surface area contributed by atoms with E-state index in [1.165, 1.54) is 0 Å². The standard InChI is InChI=1S/C11H12N2O/c12-5-6-13-10-7-11(14)9-4-2-1-3-8(9)10/h1-4,10-11,13-14H,6-7H2/t10-,11?/m1/s1. The molecule has 1 unspecified atom stereocenters. The normalized spacial score (nSPS) is 24.3. The molecule has 14 heavy (non-hydrogen) atoms. The number of benzene rings is 1. The average Bonchev–Trinajstić information content (AvgIpc) is 2.54. The quantitative estimate of drug-likeness (QED) is 0.687. The van der Waals surface area contributed by atoms with Crippen molar-refractivity contribution in [2.24, 2.45) is 0 Å². The van der Waals surface area contributed by atoms with Crippen molar-refractivity contribution in [1.29, 1.82) is 5.26 Å². The Morgan fingerprint density at radius 2 is 2.14 bits per heavy atom. The minimum absolute atomic E-state index is 0.126. The van der Waals surface area contributed by atoms with E-state index < -0.39 is 0 Å². The molecule has 1 aliphatic rings. The zero-order chi connectivity index (χ0) is 9.97. The Bertz CT molecular complexity index is 370. The van der Waals surface area contributed by atoms with E-state index in [1.54, 1.807) is 0 Å². The molecule has 0 aliphatic heterocycles. The number of nitriles is 1. The molecule has 2 atom stereocenters. The summed E-state index contributed by atoms with van der Waals surface area (Å²) in [5.41, 5.74) is 2.11. The van der Waals surface area contributed by atoms with Gasteiger partial charge in [-0.15, -0.1) is 0 Å². The van der Waals surface area contributed by atoms with Crippen LogP contribution in [0.5, 0.6) is 0 Å². The maximum atomic E-state index is 9.73. The Morgan fingerprint density at radius 1 is 1.43 bits per heavy atom. The SMILES string of the molecule is N#CCN[C@@H]1CC(O)c2ccccc21. The summed E-state index contributed by atoms with van der Waals surface area (Å²) in [6.07, 6.45) is 0.281. The molecule has 0 spiro atoms. The van der Waals surface area contributed by atoms with Gasteiger partial charge in [-0.1, -0.05) is 24.3 Å². The first-order chi connectivity index (χ1) is 6.83. The van der Waals surface area contributed by atoms with Gasteiger partial charge >= 0.3 is 0 Å². The van der Waals surface area contributed by atoms with Crippen molar-refractivity contribution in [3.05, 3.63) is 35.4 Å². The summed E-state index contributed by atoms with van der Waals surface area (Å²) in [5.74, 6) is 0. The molecule has 1 aromatic rings. The third-order valence-corrected chi connectivity index (χ3v) is 2.62. The molecule has 0 fully saturated rings. The highest BCUT2D eigenvalue weighted by Crippen LogP contribution is 2.37. The predicted octanol–water partition coefficient (Wildman–Crippen LogP) is 1.28. The molecule has 0 saturated heterocycles. The monoisotopic (exact) mass is 188 g/mol. The maximum Gasteiger partial charge on any atom is 0.0845 e. The molecule has 0 saturated carbocycles. The van der Waals surface area contributed by atoms with E-state index >= 15 is 0 Å². The molecule has 1 aliphatic carbocycles. The molecule has 0 radical (unpaired) electrons. The van der Waals surface area contributed by atoms with Gasteiger partial charge in [-0.05, 0) is 17.5 Å². The minimum Gasteiger partial charge on any atom is -0.388 e. The first-order valence-corrected chi connectivity index (χ1v) is 4.70. The number of hydrogen-bond acceptors (Lipinski definition) is 3. The van der Waals surface area contributed by atoms with Crippen molar-refractivity contribution in [3.63, 3.8) is 0 Å². The molecule has 2 N–H and O–H groups in total.